The molecule has 0 bridgehead atoms. The smallest absolute Gasteiger partial charge is 0.267 e. The fourth-order valence-electron chi connectivity index (χ4n) is 3.93. The number of hydrogen-bond acceptors (Lipinski definition) is 6. The van der Waals surface area contributed by atoms with E-state index in [1.54, 1.807) is 46.5 Å². The fraction of sp³-hybridized carbons (Fsp3) is 0.208. The lowest BCUT2D eigenvalue weighted by Gasteiger charge is -2.12. The number of carbonyl (C=O) groups is 1. The van der Waals surface area contributed by atoms with Crippen molar-refractivity contribution in [3.8, 4) is 11.3 Å². The van der Waals surface area contributed by atoms with Crippen LogP contribution < -0.4 is 11.0 Å². The minimum Gasteiger partial charge on any atom is -0.267 e. The van der Waals surface area contributed by atoms with Crippen LogP contribution in [0, 0.1) is 13.8 Å². The molecule has 0 radical (unpaired) electrons. The van der Waals surface area contributed by atoms with E-state index in [4.69, 9.17) is 4.98 Å². The summed E-state index contributed by atoms with van der Waals surface area (Å²) in [6.45, 7) is 8.12. The maximum Gasteiger partial charge on any atom is 0.280 e. The van der Waals surface area contributed by atoms with E-state index in [2.05, 4.69) is 21.6 Å². The monoisotopic (exact) mass is 458 g/mol. The molecule has 5 aromatic rings. The number of aromatic nitrogens is 5. The molecule has 5 rings (SSSR count). The SMILES string of the molecule is Cc1cc(-c2cc(C(=O)Nn3cnc4ccccc4c3=O)c3cnn(C(C)C)c3n2)c(C)s1. The van der Waals surface area contributed by atoms with Crippen LogP contribution in [-0.4, -0.2) is 30.3 Å². The van der Waals surface area contributed by atoms with Crippen molar-refractivity contribution in [3.63, 3.8) is 0 Å². The first-order chi connectivity index (χ1) is 15.8. The molecule has 8 nitrogen and oxygen atoms in total. The Hall–Kier alpha value is -3.85. The molecule has 0 atom stereocenters. The number of benzene rings is 1. The number of fused-ring (bicyclic) bond motifs is 2. The summed E-state index contributed by atoms with van der Waals surface area (Å²) in [5, 5.41) is 5.51. The summed E-state index contributed by atoms with van der Waals surface area (Å²) in [4.78, 5) is 37.7. The number of thiophene rings is 1. The number of nitrogens with one attached hydrogen (secondary N) is 1. The molecule has 0 spiro atoms. The molecule has 4 heterocycles. The van der Waals surface area contributed by atoms with E-state index >= 15 is 0 Å². The molecule has 0 aliphatic rings. The van der Waals surface area contributed by atoms with Gasteiger partial charge < -0.3 is 0 Å². The number of pyridine rings is 1. The number of carbonyl (C=O) groups excluding carboxylic acids is 1. The Morgan fingerprint density at radius 2 is 1.91 bits per heavy atom. The number of aryl methyl sites for hydroxylation is 2. The summed E-state index contributed by atoms with van der Waals surface area (Å²) in [6.07, 6.45) is 2.97. The second kappa shape index (κ2) is 7.93. The lowest BCUT2D eigenvalue weighted by atomic mass is 10.1. The lowest BCUT2D eigenvalue weighted by Crippen LogP contribution is -2.33. The molecule has 0 aliphatic carbocycles. The Kier molecular flexibility index (Phi) is 5.05. The number of hydrogen-bond donors (Lipinski definition) is 1. The third-order valence-electron chi connectivity index (χ3n) is 5.50. The van der Waals surface area contributed by atoms with Crippen LogP contribution in [0.2, 0.25) is 0 Å². The molecule has 9 heteroatoms. The van der Waals surface area contributed by atoms with Crippen LogP contribution in [0.1, 0.15) is 40.0 Å². The van der Waals surface area contributed by atoms with Gasteiger partial charge in [-0.1, -0.05) is 12.1 Å². The molecular weight excluding hydrogens is 436 g/mol. The summed E-state index contributed by atoms with van der Waals surface area (Å²) in [5.41, 5.74) is 5.61. The molecule has 1 N–H and O–H groups in total. The van der Waals surface area contributed by atoms with E-state index in [1.807, 2.05) is 33.8 Å². The Balaban J connectivity index is 1.65. The average Bonchev–Trinajstić information content (AvgIpc) is 3.37. The highest BCUT2D eigenvalue weighted by Gasteiger charge is 2.20. The molecule has 1 aromatic carbocycles. The van der Waals surface area contributed by atoms with Crippen LogP contribution in [-0.2, 0) is 0 Å². The predicted octanol–water partition coefficient (Wildman–Crippen LogP) is 4.45. The molecule has 1 amide bonds. The van der Waals surface area contributed by atoms with E-state index in [9.17, 15) is 9.59 Å². The quantitative estimate of drug-likeness (QED) is 0.429. The molecule has 0 saturated heterocycles. The minimum absolute atomic E-state index is 0.0683. The molecule has 33 heavy (non-hydrogen) atoms. The summed E-state index contributed by atoms with van der Waals surface area (Å²) in [6, 6.07) is 10.9. The zero-order chi connectivity index (χ0) is 23.3. The van der Waals surface area contributed by atoms with E-state index in [-0.39, 0.29) is 11.6 Å². The first-order valence-corrected chi connectivity index (χ1v) is 11.4. The van der Waals surface area contributed by atoms with Crippen LogP contribution in [0.4, 0.5) is 0 Å². The average molecular weight is 459 g/mol. The van der Waals surface area contributed by atoms with Crippen LogP contribution in [0.25, 0.3) is 33.2 Å². The summed E-state index contributed by atoms with van der Waals surface area (Å²) >= 11 is 1.69. The Bertz CT molecular complexity index is 1590. The summed E-state index contributed by atoms with van der Waals surface area (Å²) in [5.74, 6) is -0.434. The highest BCUT2D eigenvalue weighted by atomic mass is 32.1. The third kappa shape index (κ3) is 3.60. The topological polar surface area (TPSA) is 94.7 Å². The van der Waals surface area contributed by atoms with Crippen molar-refractivity contribution >= 4 is 39.2 Å². The minimum atomic E-state index is -0.434. The second-order valence-electron chi connectivity index (χ2n) is 8.18. The molecule has 4 aromatic heterocycles. The van der Waals surface area contributed by atoms with E-state index in [1.165, 1.54) is 11.2 Å². The zero-order valence-electron chi connectivity index (χ0n) is 18.7. The van der Waals surface area contributed by atoms with Crippen LogP contribution in [0.15, 0.2) is 53.7 Å². The highest BCUT2D eigenvalue weighted by Crippen LogP contribution is 2.32. The van der Waals surface area contributed by atoms with Crippen LogP contribution >= 0.6 is 11.3 Å². The van der Waals surface area contributed by atoms with Crippen molar-refractivity contribution in [2.45, 2.75) is 33.7 Å². The van der Waals surface area contributed by atoms with Crippen molar-refractivity contribution < 1.29 is 4.79 Å². The second-order valence-corrected chi connectivity index (χ2v) is 9.64. The maximum absolute atomic E-state index is 13.4. The van der Waals surface area contributed by atoms with Gasteiger partial charge in [-0.15, -0.1) is 11.3 Å². The zero-order valence-corrected chi connectivity index (χ0v) is 19.5. The third-order valence-corrected chi connectivity index (χ3v) is 6.47. The van der Waals surface area contributed by atoms with Gasteiger partial charge >= 0.3 is 0 Å². The number of para-hydroxylation sites is 1. The highest BCUT2D eigenvalue weighted by molar-refractivity contribution is 7.12. The first kappa shape index (κ1) is 21.0. The lowest BCUT2D eigenvalue weighted by molar-refractivity contribution is 0.101. The fourth-order valence-corrected chi connectivity index (χ4v) is 4.86. The molecule has 0 saturated carbocycles. The maximum atomic E-state index is 13.4. The van der Waals surface area contributed by atoms with E-state index < -0.39 is 5.91 Å². The van der Waals surface area contributed by atoms with Crippen molar-refractivity contribution in [3.05, 3.63) is 74.6 Å². The van der Waals surface area contributed by atoms with Crippen molar-refractivity contribution in [1.29, 1.82) is 0 Å². The van der Waals surface area contributed by atoms with Gasteiger partial charge in [0.05, 0.1) is 33.7 Å². The van der Waals surface area contributed by atoms with Gasteiger partial charge in [0.25, 0.3) is 11.5 Å². The molecule has 0 aliphatic heterocycles. The molecule has 166 valence electrons. The number of nitrogens with zero attached hydrogens (tertiary/aromatic N) is 5. The Labute approximate surface area is 193 Å². The normalized spacial score (nSPS) is 11.5. The number of amides is 1. The van der Waals surface area contributed by atoms with E-state index in [0.29, 0.717) is 33.2 Å². The van der Waals surface area contributed by atoms with Crippen molar-refractivity contribution in [2.24, 2.45) is 0 Å². The summed E-state index contributed by atoms with van der Waals surface area (Å²) in [7, 11) is 0. The Morgan fingerprint density at radius 3 is 2.64 bits per heavy atom. The predicted molar refractivity (Wildman–Crippen MR) is 130 cm³/mol. The van der Waals surface area contributed by atoms with Crippen molar-refractivity contribution in [1.82, 2.24) is 24.4 Å². The van der Waals surface area contributed by atoms with Crippen molar-refractivity contribution in [2.75, 3.05) is 5.43 Å². The van der Waals surface area contributed by atoms with Gasteiger partial charge in [-0.05, 0) is 52.0 Å². The number of rotatable bonds is 4. The standard InChI is InChI=1S/C24H22N6O2S/c1-13(2)30-22-19(11-26-30)18(10-21(27-22)17-9-14(3)33-15(17)4)23(31)28-29-12-25-20-8-6-5-7-16(20)24(29)32/h5-13H,1-4H3,(H,28,31). The molecule has 0 fully saturated rings. The van der Waals surface area contributed by atoms with Gasteiger partial charge in [0, 0.05) is 21.4 Å². The van der Waals surface area contributed by atoms with Gasteiger partial charge in [-0.25, -0.2) is 19.3 Å². The van der Waals surface area contributed by atoms with Crippen LogP contribution in [0.3, 0.4) is 0 Å². The van der Waals surface area contributed by atoms with Gasteiger partial charge in [-0.2, -0.15) is 5.10 Å². The van der Waals surface area contributed by atoms with Crippen LogP contribution in [0.5, 0.6) is 0 Å². The van der Waals surface area contributed by atoms with Gasteiger partial charge in [-0.3, -0.25) is 15.0 Å². The first-order valence-electron chi connectivity index (χ1n) is 10.6. The summed E-state index contributed by atoms with van der Waals surface area (Å²) < 4.78 is 2.91. The van der Waals surface area contributed by atoms with Gasteiger partial charge in [0.1, 0.15) is 6.33 Å². The molecule has 0 unspecified atom stereocenters. The Morgan fingerprint density at radius 1 is 1.12 bits per heavy atom. The van der Waals surface area contributed by atoms with E-state index in [0.717, 1.165) is 15.1 Å². The van der Waals surface area contributed by atoms with Gasteiger partial charge in [0.2, 0.25) is 0 Å². The molecular formula is C24H22N6O2S. The van der Waals surface area contributed by atoms with Gasteiger partial charge in [0.15, 0.2) is 5.65 Å². The largest absolute Gasteiger partial charge is 0.280 e.